The van der Waals surface area contributed by atoms with E-state index in [0.29, 0.717) is 0 Å². The van der Waals surface area contributed by atoms with Crippen molar-refractivity contribution in [2.45, 2.75) is 45.4 Å². The number of ether oxygens (including phenoxy) is 1. The molecule has 1 saturated carbocycles. The van der Waals surface area contributed by atoms with E-state index in [-0.39, 0.29) is 24.2 Å². The maximum absolute atomic E-state index is 13.4. The SMILES string of the molecule is CCc1ccc2nc(N(CCN3CCOCC3)C(=O)C3CCCCC3)sc2c1.Cl. The Morgan fingerprint density at radius 1 is 1.24 bits per heavy atom. The van der Waals surface area contributed by atoms with Gasteiger partial charge in [-0.3, -0.25) is 14.6 Å². The van der Waals surface area contributed by atoms with E-state index in [4.69, 9.17) is 9.72 Å². The molecule has 1 aliphatic carbocycles. The van der Waals surface area contributed by atoms with Crippen molar-refractivity contribution in [3.8, 4) is 0 Å². The van der Waals surface area contributed by atoms with Gasteiger partial charge >= 0.3 is 0 Å². The Kier molecular flexibility index (Phi) is 8.30. The Hall–Kier alpha value is -1.21. The molecule has 1 saturated heterocycles. The molecule has 2 aliphatic rings. The second kappa shape index (κ2) is 10.7. The Labute approximate surface area is 183 Å². The number of carbonyl (C=O) groups is 1. The minimum Gasteiger partial charge on any atom is -0.379 e. The summed E-state index contributed by atoms with van der Waals surface area (Å²) in [5.41, 5.74) is 2.33. The van der Waals surface area contributed by atoms with Gasteiger partial charge in [-0.2, -0.15) is 0 Å². The summed E-state index contributed by atoms with van der Waals surface area (Å²) in [6.45, 7) is 7.25. The van der Waals surface area contributed by atoms with Crippen molar-refractivity contribution >= 4 is 45.0 Å². The highest BCUT2D eigenvalue weighted by Gasteiger charge is 2.29. The number of halogens is 1. The first-order chi connectivity index (χ1) is 13.7. The highest BCUT2D eigenvalue weighted by Crippen LogP contribution is 2.33. The van der Waals surface area contributed by atoms with E-state index in [1.165, 1.54) is 29.5 Å². The van der Waals surface area contributed by atoms with Crippen LogP contribution in [-0.4, -0.2) is 55.2 Å². The summed E-state index contributed by atoms with van der Waals surface area (Å²) in [7, 11) is 0. The van der Waals surface area contributed by atoms with Crippen LogP contribution in [0.25, 0.3) is 10.2 Å². The van der Waals surface area contributed by atoms with E-state index in [1.807, 2.05) is 4.90 Å². The first kappa shape index (κ1) is 22.5. The van der Waals surface area contributed by atoms with Crippen LogP contribution in [0.3, 0.4) is 0 Å². The fourth-order valence-corrected chi connectivity index (χ4v) is 5.29. The Bertz CT molecular complexity index is 800. The number of nitrogens with zero attached hydrogens (tertiary/aromatic N) is 3. The molecule has 1 amide bonds. The molecule has 1 aromatic heterocycles. The number of thiazole rings is 1. The molecule has 1 aromatic carbocycles. The second-order valence-corrected chi connectivity index (χ2v) is 8.94. The number of carbonyl (C=O) groups excluding carboxylic acids is 1. The zero-order chi connectivity index (χ0) is 19.3. The van der Waals surface area contributed by atoms with Crippen LogP contribution in [0.15, 0.2) is 18.2 Å². The van der Waals surface area contributed by atoms with Crippen molar-refractivity contribution in [1.82, 2.24) is 9.88 Å². The number of benzene rings is 1. The van der Waals surface area contributed by atoms with Gasteiger partial charge in [-0.05, 0) is 37.0 Å². The molecule has 0 N–H and O–H groups in total. The lowest BCUT2D eigenvalue weighted by molar-refractivity contribution is -0.123. The van der Waals surface area contributed by atoms with E-state index in [1.54, 1.807) is 11.3 Å². The average Bonchev–Trinajstić information content (AvgIpc) is 3.18. The number of hydrogen-bond donors (Lipinski definition) is 0. The van der Waals surface area contributed by atoms with Crippen LogP contribution in [-0.2, 0) is 16.0 Å². The van der Waals surface area contributed by atoms with Gasteiger partial charge in [0.1, 0.15) is 0 Å². The lowest BCUT2D eigenvalue weighted by Crippen LogP contribution is -2.45. The molecule has 0 atom stereocenters. The molecule has 2 heterocycles. The highest BCUT2D eigenvalue weighted by molar-refractivity contribution is 7.22. The monoisotopic (exact) mass is 437 g/mol. The molecule has 2 aromatic rings. The number of hydrogen-bond acceptors (Lipinski definition) is 5. The third-order valence-electron chi connectivity index (χ3n) is 6.04. The minimum atomic E-state index is 0. The molecule has 2 fully saturated rings. The van der Waals surface area contributed by atoms with Crippen molar-refractivity contribution in [1.29, 1.82) is 0 Å². The predicted molar refractivity (Wildman–Crippen MR) is 122 cm³/mol. The van der Waals surface area contributed by atoms with Gasteiger partial charge in [-0.15, -0.1) is 12.4 Å². The summed E-state index contributed by atoms with van der Waals surface area (Å²) in [4.78, 5) is 22.7. The zero-order valence-electron chi connectivity index (χ0n) is 17.3. The van der Waals surface area contributed by atoms with Gasteiger partial charge in [0.15, 0.2) is 5.13 Å². The third kappa shape index (κ3) is 5.48. The fraction of sp³-hybridized carbons (Fsp3) is 0.636. The average molecular weight is 438 g/mol. The Balaban J connectivity index is 0.00000240. The van der Waals surface area contributed by atoms with Crippen molar-refractivity contribution in [3.63, 3.8) is 0 Å². The van der Waals surface area contributed by atoms with Gasteiger partial charge in [-0.1, -0.05) is 43.6 Å². The summed E-state index contributed by atoms with van der Waals surface area (Å²) in [5.74, 6) is 0.444. The van der Waals surface area contributed by atoms with Gasteiger partial charge in [0, 0.05) is 32.1 Å². The number of amides is 1. The van der Waals surface area contributed by atoms with Crippen molar-refractivity contribution in [2.75, 3.05) is 44.3 Å². The summed E-state index contributed by atoms with van der Waals surface area (Å²) >= 11 is 1.66. The number of rotatable bonds is 6. The number of aryl methyl sites for hydroxylation is 1. The first-order valence-corrected chi connectivity index (χ1v) is 11.6. The normalized spacial score (nSPS) is 18.5. The van der Waals surface area contributed by atoms with Gasteiger partial charge in [0.2, 0.25) is 5.91 Å². The van der Waals surface area contributed by atoms with Crippen LogP contribution in [0, 0.1) is 5.92 Å². The summed E-state index contributed by atoms with van der Waals surface area (Å²) in [5, 5.41) is 0.868. The first-order valence-electron chi connectivity index (χ1n) is 10.8. The van der Waals surface area contributed by atoms with Gasteiger partial charge in [-0.25, -0.2) is 4.98 Å². The molecule has 29 heavy (non-hydrogen) atoms. The number of anilines is 1. The lowest BCUT2D eigenvalue weighted by Gasteiger charge is -2.31. The van der Waals surface area contributed by atoms with Gasteiger partial charge in [0.05, 0.1) is 23.4 Å². The maximum atomic E-state index is 13.4. The summed E-state index contributed by atoms with van der Waals surface area (Å²) in [6.07, 6.45) is 6.68. The molecule has 160 valence electrons. The van der Waals surface area contributed by atoms with E-state index in [9.17, 15) is 4.79 Å². The smallest absolute Gasteiger partial charge is 0.231 e. The molecule has 7 heteroatoms. The fourth-order valence-electron chi connectivity index (χ4n) is 4.23. The minimum absolute atomic E-state index is 0. The van der Waals surface area contributed by atoms with Crippen molar-refractivity contribution < 1.29 is 9.53 Å². The lowest BCUT2D eigenvalue weighted by atomic mass is 9.88. The summed E-state index contributed by atoms with van der Waals surface area (Å²) < 4.78 is 6.65. The molecule has 0 unspecified atom stereocenters. The largest absolute Gasteiger partial charge is 0.379 e. The second-order valence-electron chi connectivity index (χ2n) is 7.93. The predicted octanol–water partition coefficient (Wildman–Crippen LogP) is 4.53. The van der Waals surface area contributed by atoms with Gasteiger partial charge < -0.3 is 4.74 Å². The Morgan fingerprint density at radius 2 is 2.00 bits per heavy atom. The van der Waals surface area contributed by atoms with E-state index in [2.05, 4.69) is 30.0 Å². The standard InChI is InChI=1S/C22H31N3O2S.ClH/c1-2-17-8-9-19-20(16-17)28-22(23-19)25(11-10-24-12-14-27-15-13-24)21(26)18-6-4-3-5-7-18;/h8-9,16,18H,2-7,10-15H2,1H3;1H. The van der Waals surface area contributed by atoms with Crippen LogP contribution < -0.4 is 4.90 Å². The highest BCUT2D eigenvalue weighted by atomic mass is 35.5. The zero-order valence-corrected chi connectivity index (χ0v) is 18.9. The van der Waals surface area contributed by atoms with Crippen molar-refractivity contribution in [2.24, 2.45) is 5.92 Å². The molecule has 1 aliphatic heterocycles. The third-order valence-corrected chi connectivity index (χ3v) is 7.09. The molecule has 0 radical (unpaired) electrons. The molecular formula is C22H32ClN3O2S. The number of morpholine rings is 1. The molecule has 4 rings (SSSR count). The van der Waals surface area contributed by atoms with Crippen LogP contribution in [0.4, 0.5) is 5.13 Å². The summed E-state index contributed by atoms with van der Waals surface area (Å²) in [6, 6.07) is 6.47. The molecule has 0 spiro atoms. The number of fused-ring (bicyclic) bond motifs is 1. The maximum Gasteiger partial charge on any atom is 0.231 e. The van der Waals surface area contributed by atoms with E-state index >= 15 is 0 Å². The van der Waals surface area contributed by atoms with Crippen LogP contribution >= 0.6 is 23.7 Å². The quantitative estimate of drug-likeness (QED) is 0.666. The van der Waals surface area contributed by atoms with Crippen LogP contribution in [0.5, 0.6) is 0 Å². The molecular weight excluding hydrogens is 406 g/mol. The molecule has 5 nitrogen and oxygen atoms in total. The molecule has 0 bridgehead atoms. The van der Waals surface area contributed by atoms with E-state index < -0.39 is 0 Å². The topological polar surface area (TPSA) is 45.7 Å². The van der Waals surface area contributed by atoms with E-state index in [0.717, 1.165) is 69.3 Å². The van der Waals surface area contributed by atoms with Crippen LogP contribution in [0.1, 0.15) is 44.6 Å². The Morgan fingerprint density at radius 3 is 2.72 bits per heavy atom. The van der Waals surface area contributed by atoms with Gasteiger partial charge in [0.25, 0.3) is 0 Å². The van der Waals surface area contributed by atoms with Crippen LogP contribution in [0.2, 0.25) is 0 Å². The van der Waals surface area contributed by atoms with Crippen molar-refractivity contribution in [3.05, 3.63) is 23.8 Å². The number of aromatic nitrogens is 1.